The van der Waals surface area contributed by atoms with Crippen molar-refractivity contribution in [2.75, 3.05) is 6.54 Å². The number of hydrogen-bond donors (Lipinski definition) is 0. The van der Waals surface area contributed by atoms with E-state index in [-0.39, 0.29) is 0 Å². The van der Waals surface area contributed by atoms with Crippen LogP contribution in [-0.2, 0) is 0 Å². The van der Waals surface area contributed by atoms with Gasteiger partial charge in [0.1, 0.15) is 0 Å². The highest BCUT2D eigenvalue weighted by atomic mass is 79.9. The van der Waals surface area contributed by atoms with Crippen LogP contribution in [0.4, 0.5) is 0 Å². The Balaban J connectivity index is 1.88. The zero-order chi connectivity index (χ0) is 11.0. The Labute approximate surface area is 106 Å². The second kappa shape index (κ2) is 4.50. The van der Waals surface area contributed by atoms with Gasteiger partial charge in [-0.05, 0) is 43.9 Å². The lowest BCUT2D eigenvalue weighted by Gasteiger charge is -2.34. The van der Waals surface area contributed by atoms with E-state index in [1.807, 2.05) is 0 Å². The molecule has 3 rings (SSSR count). The molecule has 2 aliphatic heterocycles. The molecule has 0 spiro atoms. The fourth-order valence-corrected chi connectivity index (χ4v) is 3.89. The number of benzene rings is 1. The summed E-state index contributed by atoms with van der Waals surface area (Å²) >= 11 is 3.70. The second-order valence-electron chi connectivity index (χ2n) is 5.00. The van der Waals surface area contributed by atoms with Gasteiger partial charge in [-0.3, -0.25) is 4.90 Å². The van der Waals surface area contributed by atoms with Gasteiger partial charge in [0.25, 0.3) is 0 Å². The number of nitrogens with zero attached hydrogens (tertiary/aromatic N) is 1. The average Bonchev–Trinajstić information content (AvgIpc) is 2.74. The summed E-state index contributed by atoms with van der Waals surface area (Å²) < 4.78 is 1.28. The molecule has 0 aliphatic carbocycles. The van der Waals surface area contributed by atoms with Gasteiger partial charge in [-0.15, -0.1) is 0 Å². The van der Waals surface area contributed by atoms with E-state index in [4.69, 9.17) is 0 Å². The Kier molecular flexibility index (Phi) is 3.03. The van der Waals surface area contributed by atoms with Crippen molar-refractivity contribution in [2.24, 2.45) is 0 Å². The summed E-state index contributed by atoms with van der Waals surface area (Å²) in [5, 5.41) is 0. The minimum absolute atomic E-state index is 0.667. The van der Waals surface area contributed by atoms with Crippen LogP contribution in [0, 0.1) is 0 Å². The third-order valence-electron chi connectivity index (χ3n) is 4.11. The molecule has 2 atom stereocenters. The molecule has 16 heavy (non-hydrogen) atoms. The van der Waals surface area contributed by atoms with Crippen molar-refractivity contribution in [3.05, 3.63) is 34.3 Å². The van der Waals surface area contributed by atoms with Crippen LogP contribution in [0.5, 0.6) is 0 Å². The molecule has 2 heterocycles. The van der Waals surface area contributed by atoms with Crippen molar-refractivity contribution >= 4 is 15.9 Å². The van der Waals surface area contributed by atoms with Gasteiger partial charge in [0.15, 0.2) is 0 Å². The smallest absolute Gasteiger partial charge is 0.0362 e. The molecule has 0 amide bonds. The maximum Gasteiger partial charge on any atom is 0.0362 e. The number of piperidine rings is 1. The van der Waals surface area contributed by atoms with Crippen molar-refractivity contribution in [1.29, 1.82) is 0 Å². The Morgan fingerprint density at radius 2 is 1.94 bits per heavy atom. The zero-order valence-electron chi connectivity index (χ0n) is 9.53. The van der Waals surface area contributed by atoms with Gasteiger partial charge >= 0.3 is 0 Å². The van der Waals surface area contributed by atoms with Gasteiger partial charge in [0.05, 0.1) is 0 Å². The van der Waals surface area contributed by atoms with Crippen molar-refractivity contribution in [3.63, 3.8) is 0 Å². The van der Waals surface area contributed by atoms with Crippen molar-refractivity contribution in [1.82, 2.24) is 4.90 Å². The topological polar surface area (TPSA) is 3.24 Å². The fraction of sp³-hybridized carbons (Fsp3) is 0.571. The number of rotatable bonds is 1. The first-order valence-electron chi connectivity index (χ1n) is 6.36. The summed E-state index contributed by atoms with van der Waals surface area (Å²) in [6.07, 6.45) is 6.97. The molecule has 1 nitrogen and oxygen atoms in total. The predicted octanol–water partition coefficient (Wildman–Crippen LogP) is 4.14. The Morgan fingerprint density at radius 1 is 1.06 bits per heavy atom. The lowest BCUT2D eigenvalue weighted by Crippen LogP contribution is -2.35. The van der Waals surface area contributed by atoms with Gasteiger partial charge < -0.3 is 0 Å². The molecule has 2 fully saturated rings. The summed E-state index contributed by atoms with van der Waals surface area (Å²) in [5.41, 5.74) is 1.49. The Hall–Kier alpha value is -0.340. The molecule has 0 bridgehead atoms. The Bertz CT molecular complexity index is 377. The van der Waals surface area contributed by atoms with Crippen molar-refractivity contribution < 1.29 is 0 Å². The minimum Gasteiger partial charge on any atom is -0.293 e. The third kappa shape index (κ3) is 1.82. The molecule has 0 unspecified atom stereocenters. The molecule has 86 valence electrons. The molecule has 1 aromatic rings. The maximum atomic E-state index is 3.70. The summed E-state index contributed by atoms with van der Waals surface area (Å²) in [6, 6.07) is 10.3. The molecule has 1 aromatic carbocycles. The molecule has 2 heteroatoms. The average molecular weight is 280 g/mol. The largest absolute Gasteiger partial charge is 0.293 e. The molecular weight excluding hydrogens is 262 g/mol. The summed E-state index contributed by atoms with van der Waals surface area (Å²) in [5.74, 6) is 0. The van der Waals surface area contributed by atoms with E-state index in [1.54, 1.807) is 0 Å². The molecule has 2 saturated heterocycles. The van der Waals surface area contributed by atoms with Crippen molar-refractivity contribution in [3.8, 4) is 0 Å². The van der Waals surface area contributed by atoms with Crippen LogP contribution < -0.4 is 0 Å². The van der Waals surface area contributed by atoms with Gasteiger partial charge in [0.2, 0.25) is 0 Å². The van der Waals surface area contributed by atoms with E-state index in [0.717, 1.165) is 6.04 Å². The summed E-state index contributed by atoms with van der Waals surface area (Å²) in [6.45, 7) is 1.30. The van der Waals surface area contributed by atoms with Crippen LogP contribution >= 0.6 is 15.9 Å². The van der Waals surface area contributed by atoms with Crippen LogP contribution in [0.15, 0.2) is 28.7 Å². The van der Waals surface area contributed by atoms with Crippen LogP contribution in [0.2, 0.25) is 0 Å². The van der Waals surface area contributed by atoms with E-state index < -0.39 is 0 Å². The van der Waals surface area contributed by atoms with Gasteiger partial charge in [-0.25, -0.2) is 0 Å². The van der Waals surface area contributed by atoms with E-state index in [1.165, 1.54) is 48.7 Å². The number of hydrogen-bond acceptors (Lipinski definition) is 1. The standard InChI is InChI=1S/C14H18BrN/c15-13-7-2-1-6-12(13)14-9-8-11-5-3-4-10-16(11)14/h1-2,6-7,11,14H,3-5,8-10H2/t11-,14+/m0/s1. The monoisotopic (exact) mass is 279 g/mol. The molecule has 0 N–H and O–H groups in total. The second-order valence-corrected chi connectivity index (χ2v) is 5.86. The molecule has 0 radical (unpaired) electrons. The molecular formula is C14H18BrN. The SMILES string of the molecule is Brc1ccccc1[C@H]1CC[C@@H]2CCCCN21. The van der Waals surface area contributed by atoms with Crippen LogP contribution in [-0.4, -0.2) is 17.5 Å². The van der Waals surface area contributed by atoms with Gasteiger partial charge in [0, 0.05) is 16.6 Å². The number of fused-ring (bicyclic) bond motifs is 1. The molecule has 0 saturated carbocycles. The quantitative estimate of drug-likeness (QED) is 0.747. The van der Waals surface area contributed by atoms with Gasteiger partial charge in [-0.1, -0.05) is 40.5 Å². The minimum atomic E-state index is 0.667. The predicted molar refractivity (Wildman–Crippen MR) is 70.5 cm³/mol. The van der Waals surface area contributed by atoms with Crippen LogP contribution in [0.25, 0.3) is 0 Å². The number of halogens is 1. The first-order valence-corrected chi connectivity index (χ1v) is 7.16. The van der Waals surface area contributed by atoms with E-state index in [2.05, 4.69) is 45.1 Å². The molecule has 2 aliphatic rings. The van der Waals surface area contributed by atoms with E-state index in [0.29, 0.717) is 6.04 Å². The highest BCUT2D eigenvalue weighted by Gasteiger charge is 2.35. The maximum absolute atomic E-state index is 3.70. The normalized spacial score (nSPS) is 30.3. The van der Waals surface area contributed by atoms with Gasteiger partial charge in [-0.2, -0.15) is 0 Å². The van der Waals surface area contributed by atoms with Crippen LogP contribution in [0.1, 0.15) is 43.7 Å². The van der Waals surface area contributed by atoms with Crippen molar-refractivity contribution in [2.45, 2.75) is 44.2 Å². The summed E-state index contributed by atoms with van der Waals surface area (Å²) in [4.78, 5) is 2.74. The molecule has 0 aromatic heterocycles. The van der Waals surface area contributed by atoms with E-state index >= 15 is 0 Å². The highest BCUT2D eigenvalue weighted by Crippen LogP contribution is 2.42. The highest BCUT2D eigenvalue weighted by molar-refractivity contribution is 9.10. The summed E-state index contributed by atoms with van der Waals surface area (Å²) in [7, 11) is 0. The lowest BCUT2D eigenvalue weighted by molar-refractivity contribution is 0.149. The van der Waals surface area contributed by atoms with Crippen LogP contribution in [0.3, 0.4) is 0 Å². The third-order valence-corrected chi connectivity index (χ3v) is 4.83. The first kappa shape index (κ1) is 10.8. The lowest BCUT2D eigenvalue weighted by atomic mass is 10.0. The fourth-order valence-electron chi connectivity index (χ4n) is 3.34. The Morgan fingerprint density at radius 3 is 2.81 bits per heavy atom. The zero-order valence-corrected chi connectivity index (χ0v) is 11.1. The van der Waals surface area contributed by atoms with E-state index in [9.17, 15) is 0 Å². The first-order chi connectivity index (χ1) is 7.86.